The van der Waals surface area contributed by atoms with E-state index in [-0.39, 0.29) is 19.8 Å². The molecule has 1 heterocycles. The van der Waals surface area contributed by atoms with Crippen LogP contribution in [0.4, 0.5) is 0 Å². The van der Waals surface area contributed by atoms with E-state index in [4.69, 9.17) is 28.1 Å². The summed E-state index contributed by atoms with van der Waals surface area (Å²) in [5.41, 5.74) is 3.76. The van der Waals surface area contributed by atoms with Gasteiger partial charge in [0.2, 0.25) is 0 Å². The van der Waals surface area contributed by atoms with Crippen LogP contribution in [0.2, 0.25) is 19.1 Å². The number of benzene rings is 4. The quantitative estimate of drug-likeness (QED) is 0.0915. The molecule has 0 spiro atoms. The SMILES string of the molecule is CC(C)(C[Si](C)(C)OCC(O)CO)[C@@H]1O[C@H](COCc2ccccc2)[C@@H](OCc2ccccc2)[C@H](OCc2ccccc2)[C@H]1OCc1ccccc1. The molecule has 1 aliphatic rings. The lowest BCUT2D eigenvalue weighted by Gasteiger charge is -2.52. The molecule has 5 rings (SSSR count). The van der Waals surface area contributed by atoms with Crippen molar-refractivity contribution in [3.8, 4) is 0 Å². The van der Waals surface area contributed by atoms with E-state index in [0.717, 1.165) is 22.3 Å². The Kier molecular flexibility index (Phi) is 15.2. The first-order chi connectivity index (χ1) is 25.1. The molecule has 0 saturated carbocycles. The summed E-state index contributed by atoms with van der Waals surface area (Å²) in [6.07, 6.45) is -3.38. The monoisotopic (exact) mass is 728 g/mol. The molecule has 0 bridgehead atoms. The highest BCUT2D eigenvalue weighted by Gasteiger charge is 2.54. The van der Waals surface area contributed by atoms with E-state index in [9.17, 15) is 10.2 Å². The summed E-state index contributed by atoms with van der Waals surface area (Å²) in [7, 11) is -2.39. The second kappa shape index (κ2) is 19.7. The fraction of sp³-hybridized carbons (Fsp3) is 0.442. The van der Waals surface area contributed by atoms with Gasteiger partial charge in [-0.2, -0.15) is 0 Å². The smallest absolute Gasteiger partial charge is 0.187 e. The molecule has 0 aromatic heterocycles. The largest absolute Gasteiger partial charge is 0.415 e. The van der Waals surface area contributed by atoms with Gasteiger partial charge in [-0.15, -0.1) is 0 Å². The minimum absolute atomic E-state index is 0.0828. The van der Waals surface area contributed by atoms with Crippen molar-refractivity contribution in [1.29, 1.82) is 0 Å². The highest BCUT2D eigenvalue weighted by atomic mass is 28.4. The van der Waals surface area contributed by atoms with Gasteiger partial charge in [0, 0.05) is 0 Å². The van der Waals surface area contributed by atoms with Gasteiger partial charge in [0.1, 0.15) is 24.4 Å². The van der Waals surface area contributed by atoms with E-state index in [0.29, 0.717) is 32.5 Å². The van der Waals surface area contributed by atoms with Crippen molar-refractivity contribution < 1.29 is 38.3 Å². The molecular formula is C43H56O8Si. The number of aliphatic hydroxyl groups excluding tert-OH is 2. The van der Waals surface area contributed by atoms with Gasteiger partial charge in [0.25, 0.3) is 0 Å². The third kappa shape index (κ3) is 12.2. The zero-order valence-electron chi connectivity index (χ0n) is 31.0. The Labute approximate surface area is 310 Å². The number of hydrogen-bond donors (Lipinski definition) is 2. The van der Waals surface area contributed by atoms with Crippen LogP contribution in [-0.2, 0) is 54.5 Å². The molecule has 1 fully saturated rings. The summed E-state index contributed by atoms with van der Waals surface area (Å²) < 4.78 is 40.6. The van der Waals surface area contributed by atoms with Crippen LogP contribution in [0.15, 0.2) is 121 Å². The van der Waals surface area contributed by atoms with Crippen molar-refractivity contribution in [2.45, 2.75) is 96.0 Å². The molecule has 4 aromatic rings. The lowest BCUT2D eigenvalue weighted by atomic mass is 9.79. The fourth-order valence-corrected chi connectivity index (χ4v) is 10.2. The third-order valence-electron chi connectivity index (χ3n) is 9.41. The van der Waals surface area contributed by atoms with Crippen molar-refractivity contribution in [2.75, 3.05) is 19.8 Å². The summed E-state index contributed by atoms with van der Waals surface area (Å²) >= 11 is 0. The summed E-state index contributed by atoms with van der Waals surface area (Å²) in [5, 5.41) is 19.5. The number of ether oxygens (including phenoxy) is 5. The van der Waals surface area contributed by atoms with Gasteiger partial charge in [-0.3, -0.25) is 0 Å². The Bertz CT molecular complexity index is 1560. The van der Waals surface area contributed by atoms with Crippen molar-refractivity contribution >= 4 is 8.32 Å². The molecular weight excluding hydrogens is 673 g/mol. The van der Waals surface area contributed by atoms with Crippen LogP contribution in [0.1, 0.15) is 36.1 Å². The first-order valence-electron chi connectivity index (χ1n) is 18.3. The molecule has 9 heteroatoms. The highest BCUT2D eigenvalue weighted by molar-refractivity contribution is 6.71. The van der Waals surface area contributed by atoms with Gasteiger partial charge < -0.3 is 38.3 Å². The van der Waals surface area contributed by atoms with Crippen molar-refractivity contribution in [2.24, 2.45) is 5.41 Å². The van der Waals surface area contributed by atoms with E-state index < -0.39 is 50.4 Å². The number of rotatable bonds is 20. The van der Waals surface area contributed by atoms with Crippen LogP contribution in [0.5, 0.6) is 0 Å². The standard InChI is InChI=1S/C43H56O8Si/c1-43(2,32-52(3,4)50-30-37(45)25-44)42-41(49-29-36-23-15-8-16-24-36)40(48-28-35-21-13-7-14-22-35)39(47-27-34-19-11-6-12-20-34)38(51-42)31-46-26-33-17-9-5-10-18-33/h5-24,37-42,44-45H,25-32H2,1-4H3/t37?,38-,39-,40+,41-,42-/m1/s1. The molecule has 6 atom stereocenters. The van der Waals surface area contributed by atoms with Crippen LogP contribution >= 0.6 is 0 Å². The van der Waals surface area contributed by atoms with Crippen molar-refractivity contribution in [3.05, 3.63) is 144 Å². The predicted octanol–water partition coefficient (Wildman–Crippen LogP) is 7.33. The lowest BCUT2D eigenvalue weighted by Crippen LogP contribution is -2.65. The van der Waals surface area contributed by atoms with Crippen LogP contribution in [-0.4, -0.2) is 75.0 Å². The molecule has 0 radical (unpaired) electrons. The first kappa shape index (κ1) is 40.0. The average molecular weight is 729 g/mol. The van der Waals surface area contributed by atoms with Gasteiger partial charge in [0.05, 0.1) is 58.5 Å². The third-order valence-corrected chi connectivity index (χ3v) is 12.1. The summed E-state index contributed by atoms with van der Waals surface area (Å²) in [6, 6.07) is 41.3. The Hall–Kier alpha value is -3.22. The predicted molar refractivity (Wildman–Crippen MR) is 205 cm³/mol. The van der Waals surface area contributed by atoms with Gasteiger partial charge in [-0.1, -0.05) is 135 Å². The molecule has 1 saturated heterocycles. The minimum Gasteiger partial charge on any atom is -0.415 e. The molecule has 4 aromatic carbocycles. The van der Waals surface area contributed by atoms with Gasteiger partial charge >= 0.3 is 0 Å². The van der Waals surface area contributed by atoms with Crippen molar-refractivity contribution in [3.63, 3.8) is 0 Å². The second-order valence-electron chi connectivity index (χ2n) is 15.0. The maximum absolute atomic E-state index is 10.1. The van der Waals surface area contributed by atoms with Crippen LogP contribution in [0.3, 0.4) is 0 Å². The molecule has 1 aliphatic heterocycles. The fourth-order valence-electron chi connectivity index (χ4n) is 7.04. The van der Waals surface area contributed by atoms with Crippen LogP contribution < -0.4 is 0 Å². The zero-order valence-corrected chi connectivity index (χ0v) is 32.0. The van der Waals surface area contributed by atoms with Crippen molar-refractivity contribution in [1.82, 2.24) is 0 Å². The highest BCUT2D eigenvalue weighted by Crippen LogP contribution is 2.43. The molecule has 0 amide bonds. The average Bonchev–Trinajstić information content (AvgIpc) is 3.16. The van der Waals surface area contributed by atoms with Gasteiger partial charge in [-0.25, -0.2) is 0 Å². The molecule has 280 valence electrons. The molecule has 52 heavy (non-hydrogen) atoms. The summed E-state index contributed by atoms with van der Waals surface area (Å²) in [6.45, 7) is 10.2. The van der Waals surface area contributed by atoms with Gasteiger partial charge in [-0.05, 0) is 46.8 Å². The van der Waals surface area contributed by atoms with Crippen LogP contribution in [0.25, 0.3) is 0 Å². The zero-order chi connectivity index (χ0) is 36.8. The first-order valence-corrected chi connectivity index (χ1v) is 21.4. The maximum atomic E-state index is 10.1. The summed E-state index contributed by atoms with van der Waals surface area (Å²) in [5.74, 6) is 0. The molecule has 2 N–H and O–H groups in total. The van der Waals surface area contributed by atoms with E-state index in [2.05, 4.69) is 75.5 Å². The Balaban J connectivity index is 1.50. The number of aliphatic hydroxyl groups is 2. The second-order valence-corrected chi connectivity index (χ2v) is 19.1. The Morgan fingerprint density at radius 3 is 1.52 bits per heavy atom. The molecule has 0 aliphatic carbocycles. The lowest BCUT2D eigenvalue weighted by molar-refractivity contribution is -0.289. The van der Waals surface area contributed by atoms with E-state index in [1.54, 1.807) is 0 Å². The van der Waals surface area contributed by atoms with Gasteiger partial charge in [0.15, 0.2) is 8.32 Å². The minimum atomic E-state index is -2.39. The Morgan fingerprint density at radius 2 is 1.06 bits per heavy atom. The molecule has 8 nitrogen and oxygen atoms in total. The van der Waals surface area contributed by atoms with E-state index >= 15 is 0 Å². The topological polar surface area (TPSA) is 95.8 Å². The van der Waals surface area contributed by atoms with E-state index in [1.165, 1.54) is 0 Å². The van der Waals surface area contributed by atoms with E-state index in [1.807, 2.05) is 72.8 Å². The maximum Gasteiger partial charge on any atom is 0.187 e. The number of hydrogen-bond acceptors (Lipinski definition) is 8. The summed E-state index contributed by atoms with van der Waals surface area (Å²) in [4.78, 5) is 0. The van der Waals surface area contributed by atoms with Crippen LogP contribution in [0, 0.1) is 5.41 Å². The molecule has 1 unspecified atom stereocenters. The normalized spacial score (nSPS) is 21.5. The Morgan fingerprint density at radius 1 is 0.635 bits per heavy atom.